The van der Waals surface area contributed by atoms with Crippen LogP contribution in [-0.2, 0) is 0 Å². The van der Waals surface area contributed by atoms with Crippen LogP contribution in [0, 0.1) is 0 Å². The van der Waals surface area contributed by atoms with Gasteiger partial charge in [-0.2, -0.15) is 0 Å². The van der Waals surface area contributed by atoms with Gasteiger partial charge < -0.3 is 10.4 Å². The predicted octanol–water partition coefficient (Wildman–Crippen LogP) is 4.07. The van der Waals surface area contributed by atoms with Gasteiger partial charge in [0.05, 0.1) is 6.10 Å². The SMILES string of the molecule is O=C(NCC(O)c1cccc2ccccc12)c1ccc(Br)cc1. The van der Waals surface area contributed by atoms with E-state index in [9.17, 15) is 9.90 Å². The molecule has 2 N–H and O–H groups in total. The molecule has 0 aliphatic rings. The zero-order chi connectivity index (χ0) is 16.2. The van der Waals surface area contributed by atoms with Gasteiger partial charge in [0.25, 0.3) is 5.91 Å². The molecule has 0 radical (unpaired) electrons. The Kier molecular flexibility index (Phi) is 4.74. The number of rotatable bonds is 4. The molecule has 0 aromatic heterocycles. The van der Waals surface area contributed by atoms with Crippen LogP contribution in [0.3, 0.4) is 0 Å². The summed E-state index contributed by atoms with van der Waals surface area (Å²) in [5.41, 5.74) is 1.39. The molecule has 3 aromatic rings. The van der Waals surface area contributed by atoms with Crippen LogP contribution in [-0.4, -0.2) is 17.6 Å². The van der Waals surface area contributed by atoms with Crippen molar-refractivity contribution in [3.8, 4) is 0 Å². The Hall–Kier alpha value is -2.17. The van der Waals surface area contributed by atoms with Crippen LogP contribution in [0.5, 0.6) is 0 Å². The Balaban J connectivity index is 1.72. The van der Waals surface area contributed by atoms with Crippen molar-refractivity contribution in [3.05, 3.63) is 82.3 Å². The second-order valence-electron chi connectivity index (χ2n) is 5.30. The predicted molar refractivity (Wildman–Crippen MR) is 95.4 cm³/mol. The normalized spacial score (nSPS) is 12.1. The lowest BCUT2D eigenvalue weighted by atomic mass is 10.0. The minimum atomic E-state index is -0.750. The van der Waals surface area contributed by atoms with Gasteiger partial charge in [-0.15, -0.1) is 0 Å². The molecule has 0 heterocycles. The number of nitrogens with one attached hydrogen (secondary N) is 1. The molecule has 1 amide bonds. The maximum absolute atomic E-state index is 12.1. The quantitative estimate of drug-likeness (QED) is 0.728. The van der Waals surface area contributed by atoms with E-state index in [-0.39, 0.29) is 12.5 Å². The molecule has 0 saturated carbocycles. The first-order valence-corrected chi connectivity index (χ1v) is 8.14. The van der Waals surface area contributed by atoms with Gasteiger partial charge >= 0.3 is 0 Å². The number of aliphatic hydroxyl groups excluding tert-OH is 1. The molecule has 0 fully saturated rings. The molecule has 0 bridgehead atoms. The second kappa shape index (κ2) is 6.94. The summed E-state index contributed by atoms with van der Waals surface area (Å²) >= 11 is 3.34. The van der Waals surface area contributed by atoms with Crippen LogP contribution in [0.4, 0.5) is 0 Å². The van der Waals surface area contributed by atoms with E-state index in [1.807, 2.05) is 54.6 Å². The lowest BCUT2D eigenvalue weighted by Gasteiger charge is -2.15. The topological polar surface area (TPSA) is 49.3 Å². The van der Waals surface area contributed by atoms with Crippen LogP contribution in [0.25, 0.3) is 10.8 Å². The van der Waals surface area contributed by atoms with Gasteiger partial charge in [-0.05, 0) is 40.6 Å². The van der Waals surface area contributed by atoms with Gasteiger partial charge in [0.2, 0.25) is 0 Å². The largest absolute Gasteiger partial charge is 0.387 e. The van der Waals surface area contributed by atoms with Crippen molar-refractivity contribution < 1.29 is 9.90 Å². The van der Waals surface area contributed by atoms with E-state index in [2.05, 4.69) is 21.2 Å². The summed E-state index contributed by atoms with van der Waals surface area (Å²) in [7, 11) is 0. The van der Waals surface area contributed by atoms with Gasteiger partial charge in [-0.25, -0.2) is 0 Å². The number of hydrogen-bond donors (Lipinski definition) is 2. The highest BCUT2D eigenvalue weighted by Gasteiger charge is 2.13. The minimum absolute atomic E-state index is 0.170. The fourth-order valence-electron chi connectivity index (χ4n) is 2.54. The summed E-state index contributed by atoms with van der Waals surface area (Å²) in [5.74, 6) is -0.197. The van der Waals surface area contributed by atoms with Crippen molar-refractivity contribution in [2.45, 2.75) is 6.10 Å². The Labute approximate surface area is 143 Å². The van der Waals surface area contributed by atoms with E-state index in [0.29, 0.717) is 5.56 Å². The molecule has 0 saturated heterocycles. The Morgan fingerprint density at radius 2 is 1.70 bits per heavy atom. The van der Waals surface area contributed by atoms with Crippen LogP contribution in [0.2, 0.25) is 0 Å². The Bertz CT molecular complexity index is 825. The maximum Gasteiger partial charge on any atom is 0.251 e. The van der Waals surface area contributed by atoms with Gasteiger partial charge in [0.15, 0.2) is 0 Å². The first kappa shape index (κ1) is 15.7. The van der Waals surface area contributed by atoms with Gasteiger partial charge in [-0.1, -0.05) is 58.4 Å². The average Bonchev–Trinajstić information content (AvgIpc) is 2.59. The third-order valence-electron chi connectivity index (χ3n) is 3.74. The van der Waals surface area contributed by atoms with Crippen molar-refractivity contribution in [2.24, 2.45) is 0 Å². The number of aliphatic hydroxyl groups is 1. The van der Waals surface area contributed by atoms with Crippen LogP contribution < -0.4 is 5.32 Å². The zero-order valence-corrected chi connectivity index (χ0v) is 14.0. The number of carbonyl (C=O) groups excluding carboxylic acids is 1. The van der Waals surface area contributed by atoms with Gasteiger partial charge in [0.1, 0.15) is 0 Å². The average molecular weight is 370 g/mol. The highest BCUT2D eigenvalue weighted by molar-refractivity contribution is 9.10. The molecule has 0 spiro atoms. The lowest BCUT2D eigenvalue weighted by Crippen LogP contribution is -2.28. The molecule has 116 valence electrons. The smallest absolute Gasteiger partial charge is 0.251 e. The standard InChI is InChI=1S/C19H16BrNO2/c20-15-10-8-14(9-11-15)19(23)21-12-18(22)17-7-3-5-13-4-1-2-6-16(13)17/h1-11,18,22H,12H2,(H,21,23). The van der Waals surface area contributed by atoms with Crippen molar-refractivity contribution in [3.63, 3.8) is 0 Å². The summed E-state index contributed by atoms with van der Waals surface area (Å²) in [6, 6.07) is 20.8. The first-order valence-electron chi connectivity index (χ1n) is 7.34. The first-order chi connectivity index (χ1) is 11.1. The third kappa shape index (κ3) is 3.60. The fourth-order valence-corrected chi connectivity index (χ4v) is 2.81. The molecule has 0 aliphatic carbocycles. The molecule has 3 aromatic carbocycles. The molecule has 1 unspecified atom stereocenters. The Morgan fingerprint density at radius 1 is 1.00 bits per heavy atom. The summed E-state index contributed by atoms with van der Waals surface area (Å²) in [5, 5.41) is 15.3. The monoisotopic (exact) mass is 369 g/mol. The van der Waals surface area contributed by atoms with Gasteiger partial charge in [0, 0.05) is 16.6 Å². The molecule has 1 atom stereocenters. The van der Waals surface area contributed by atoms with Crippen LogP contribution in [0.1, 0.15) is 22.0 Å². The van der Waals surface area contributed by atoms with E-state index in [4.69, 9.17) is 0 Å². The summed E-state index contributed by atoms with van der Waals surface area (Å²) in [6.45, 7) is 0.170. The number of hydrogen-bond acceptors (Lipinski definition) is 2. The number of fused-ring (bicyclic) bond motifs is 1. The molecular weight excluding hydrogens is 354 g/mol. The van der Waals surface area contributed by atoms with Crippen molar-refractivity contribution in [1.82, 2.24) is 5.32 Å². The highest BCUT2D eigenvalue weighted by atomic mass is 79.9. The lowest BCUT2D eigenvalue weighted by molar-refractivity contribution is 0.0917. The summed E-state index contributed by atoms with van der Waals surface area (Å²) in [6.07, 6.45) is -0.750. The summed E-state index contributed by atoms with van der Waals surface area (Å²) < 4.78 is 0.921. The van der Waals surface area contributed by atoms with Crippen molar-refractivity contribution >= 4 is 32.6 Å². The van der Waals surface area contributed by atoms with Crippen molar-refractivity contribution in [1.29, 1.82) is 0 Å². The van der Waals surface area contributed by atoms with E-state index >= 15 is 0 Å². The van der Waals surface area contributed by atoms with E-state index in [1.165, 1.54) is 0 Å². The zero-order valence-electron chi connectivity index (χ0n) is 12.4. The molecular formula is C19H16BrNO2. The fraction of sp³-hybridized carbons (Fsp3) is 0.105. The Morgan fingerprint density at radius 3 is 2.48 bits per heavy atom. The molecule has 3 rings (SSSR count). The molecule has 23 heavy (non-hydrogen) atoms. The van der Waals surface area contributed by atoms with E-state index < -0.39 is 6.10 Å². The molecule has 3 nitrogen and oxygen atoms in total. The van der Waals surface area contributed by atoms with E-state index in [1.54, 1.807) is 12.1 Å². The number of carbonyl (C=O) groups is 1. The van der Waals surface area contributed by atoms with Crippen LogP contribution in [0.15, 0.2) is 71.2 Å². The van der Waals surface area contributed by atoms with Crippen molar-refractivity contribution in [2.75, 3.05) is 6.54 Å². The maximum atomic E-state index is 12.1. The van der Waals surface area contributed by atoms with Gasteiger partial charge in [-0.3, -0.25) is 4.79 Å². The molecule has 0 aliphatic heterocycles. The van der Waals surface area contributed by atoms with E-state index in [0.717, 1.165) is 20.8 Å². The second-order valence-corrected chi connectivity index (χ2v) is 6.22. The third-order valence-corrected chi connectivity index (χ3v) is 4.27. The summed E-state index contributed by atoms with van der Waals surface area (Å²) in [4.78, 5) is 12.1. The number of halogens is 1. The number of amides is 1. The van der Waals surface area contributed by atoms with Crippen LogP contribution >= 0.6 is 15.9 Å². The molecule has 4 heteroatoms. The number of benzene rings is 3. The highest BCUT2D eigenvalue weighted by Crippen LogP contribution is 2.23. The minimum Gasteiger partial charge on any atom is -0.387 e.